The average molecular weight is 512 g/mol. The molecule has 0 unspecified atom stereocenters. The number of carbonyl (C=O) groups is 1. The zero-order valence-corrected chi connectivity index (χ0v) is 19.0. The predicted octanol–water partition coefficient (Wildman–Crippen LogP) is 2.70. The van der Waals surface area contributed by atoms with E-state index in [0.717, 1.165) is 35.5 Å². The lowest BCUT2D eigenvalue weighted by Crippen LogP contribution is -2.38. The third-order valence-electron chi connectivity index (χ3n) is 4.62. The zero-order valence-electron chi connectivity index (χ0n) is 16.6. The standard InChI is InChI=1S/C18H19BrFN7O3S/c1-2-29-15(28)10-27-16(21-24-25-27)17-22-23-18(31-17)26-7-5-12(6-8-26)30-14-9-11(20)3-4-13(14)19/h3-4,9,12H,2,5-8,10H2,1H3. The Morgan fingerprint density at radius 2 is 2.10 bits per heavy atom. The van der Waals surface area contributed by atoms with Crippen LogP contribution < -0.4 is 9.64 Å². The largest absolute Gasteiger partial charge is 0.489 e. The molecule has 0 spiro atoms. The first kappa shape index (κ1) is 21.6. The van der Waals surface area contributed by atoms with Crippen LogP contribution in [0.5, 0.6) is 5.75 Å². The van der Waals surface area contributed by atoms with Gasteiger partial charge in [-0.25, -0.2) is 9.07 Å². The highest BCUT2D eigenvalue weighted by molar-refractivity contribution is 9.10. The van der Waals surface area contributed by atoms with Crippen molar-refractivity contribution in [2.24, 2.45) is 0 Å². The Morgan fingerprint density at radius 1 is 1.29 bits per heavy atom. The number of piperidine rings is 1. The molecule has 10 nitrogen and oxygen atoms in total. The van der Waals surface area contributed by atoms with E-state index in [1.165, 1.54) is 28.2 Å². The number of hydrogen-bond acceptors (Lipinski definition) is 10. The summed E-state index contributed by atoms with van der Waals surface area (Å²) in [4.78, 5) is 13.8. The number of benzene rings is 1. The van der Waals surface area contributed by atoms with Crippen LogP contribution in [0.25, 0.3) is 10.8 Å². The molecular weight excluding hydrogens is 493 g/mol. The van der Waals surface area contributed by atoms with Crippen molar-refractivity contribution < 1.29 is 18.7 Å². The molecular formula is C18H19BrFN7O3S. The predicted molar refractivity (Wildman–Crippen MR) is 113 cm³/mol. The Hall–Kier alpha value is -2.67. The van der Waals surface area contributed by atoms with E-state index in [1.807, 2.05) is 0 Å². The van der Waals surface area contributed by atoms with Gasteiger partial charge in [0.1, 0.15) is 24.2 Å². The fourth-order valence-corrected chi connectivity index (χ4v) is 4.36. The first-order chi connectivity index (χ1) is 15.0. The van der Waals surface area contributed by atoms with Gasteiger partial charge in [0, 0.05) is 32.0 Å². The third-order valence-corrected chi connectivity index (χ3v) is 6.26. The first-order valence-corrected chi connectivity index (χ1v) is 11.3. The summed E-state index contributed by atoms with van der Waals surface area (Å²) in [6.07, 6.45) is 1.51. The number of halogens is 2. The van der Waals surface area contributed by atoms with Crippen molar-refractivity contribution in [3.8, 4) is 16.6 Å². The minimum Gasteiger partial charge on any atom is -0.489 e. The molecule has 2 aromatic heterocycles. The van der Waals surface area contributed by atoms with Crippen molar-refractivity contribution in [3.63, 3.8) is 0 Å². The van der Waals surface area contributed by atoms with Crippen molar-refractivity contribution in [2.75, 3.05) is 24.6 Å². The molecule has 0 amide bonds. The Kier molecular flexibility index (Phi) is 6.70. The molecule has 0 aliphatic carbocycles. The minimum absolute atomic E-state index is 0.0152. The maximum Gasteiger partial charge on any atom is 0.327 e. The van der Waals surface area contributed by atoms with Gasteiger partial charge in [-0.2, -0.15) is 0 Å². The van der Waals surface area contributed by atoms with E-state index in [-0.39, 0.29) is 25.1 Å². The Morgan fingerprint density at radius 3 is 2.87 bits per heavy atom. The number of tetrazole rings is 1. The number of aromatic nitrogens is 6. The average Bonchev–Trinajstić information content (AvgIpc) is 3.41. The number of anilines is 1. The summed E-state index contributed by atoms with van der Waals surface area (Å²) in [5, 5.41) is 21.1. The van der Waals surface area contributed by atoms with Crippen LogP contribution in [0.1, 0.15) is 19.8 Å². The molecule has 3 heterocycles. The molecule has 4 rings (SSSR count). The Labute approximate surface area is 189 Å². The van der Waals surface area contributed by atoms with Crippen molar-refractivity contribution in [1.29, 1.82) is 0 Å². The van der Waals surface area contributed by atoms with Crippen LogP contribution in [0.3, 0.4) is 0 Å². The topological polar surface area (TPSA) is 108 Å². The summed E-state index contributed by atoms with van der Waals surface area (Å²) in [5.74, 6) is 0.117. The van der Waals surface area contributed by atoms with Crippen LogP contribution in [0.4, 0.5) is 9.52 Å². The van der Waals surface area contributed by atoms with Gasteiger partial charge in [-0.1, -0.05) is 11.3 Å². The molecule has 0 N–H and O–H groups in total. The maximum absolute atomic E-state index is 13.5. The quantitative estimate of drug-likeness (QED) is 0.442. The van der Waals surface area contributed by atoms with Gasteiger partial charge < -0.3 is 14.4 Å². The molecule has 164 valence electrons. The van der Waals surface area contributed by atoms with E-state index in [9.17, 15) is 9.18 Å². The summed E-state index contributed by atoms with van der Waals surface area (Å²) < 4.78 is 26.5. The fourth-order valence-electron chi connectivity index (χ4n) is 3.14. The highest BCUT2D eigenvalue weighted by Gasteiger charge is 2.25. The number of rotatable bonds is 7. The lowest BCUT2D eigenvalue weighted by atomic mass is 10.1. The van der Waals surface area contributed by atoms with Gasteiger partial charge in [0.15, 0.2) is 5.01 Å². The van der Waals surface area contributed by atoms with Gasteiger partial charge in [0.2, 0.25) is 11.0 Å². The van der Waals surface area contributed by atoms with Crippen molar-refractivity contribution in [2.45, 2.75) is 32.4 Å². The van der Waals surface area contributed by atoms with Crippen molar-refractivity contribution in [3.05, 3.63) is 28.5 Å². The maximum atomic E-state index is 13.5. The molecule has 1 aromatic carbocycles. The van der Waals surface area contributed by atoms with Crippen molar-refractivity contribution >= 4 is 38.4 Å². The SMILES string of the molecule is CCOC(=O)Cn1nnnc1-c1nnc(N2CCC(Oc3cc(F)ccc3Br)CC2)s1. The van der Waals surface area contributed by atoms with E-state index in [1.54, 1.807) is 13.0 Å². The molecule has 0 bridgehead atoms. The van der Waals surface area contributed by atoms with Crippen molar-refractivity contribution in [1.82, 2.24) is 30.4 Å². The second kappa shape index (κ2) is 9.64. The smallest absolute Gasteiger partial charge is 0.327 e. The number of esters is 1. The van der Waals surface area contributed by atoms with Gasteiger partial charge in [0.05, 0.1) is 11.1 Å². The van der Waals surface area contributed by atoms with Crippen LogP contribution in [0.2, 0.25) is 0 Å². The molecule has 13 heteroatoms. The summed E-state index contributed by atoms with van der Waals surface area (Å²) in [7, 11) is 0. The number of hydrogen-bond donors (Lipinski definition) is 0. The first-order valence-electron chi connectivity index (χ1n) is 9.65. The number of carbonyl (C=O) groups excluding carboxylic acids is 1. The molecule has 1 aliphatic heterocycles. The zero-order chi connectivity index (χ0) is 21.8. The van der Waals surface area contributed by atoms with E-state index in [2.05, 4.69) is 46.6 Å². The molecule has 1 fully saturated rings. The summed E-state index contributed by atoms with van der Waals surface area (Å²) >= 11 is 4.74. The number of ether oxygens (including phenoxy) is 2. The second-order valence-corrected chi connectivity index (χ2v) is 8.54. The van der Waals surface area contributed by atoms with Crippen LogP contribution in [-0.2, 0) is 16.1 Å². The van der Waals surface area contributed by atoms with Crippen LogP contribution in [0, 0.1) is 5.82 Å². The van der Waals surface area contributed by atoms with Crippen LogP contribution >= 0.6 is 27.3 Å². The highest BCUT2D eigenvalue weighted by Crippen LogP contribution is 2.31. The minimum atomic E-state index is -0.423. The molecule has 0 atom stereocenters. The van der Waals surface area contributed by atoms with Gasteiger partial charge >= 0.3 is 5.97 Å². The van der Waals surface area contributed by atoms with Gasteiger partial charge in [-0.15, -0.1) is 15.3 Å². The van der Waals surface area contributed by atoms with E-state index in [4.69, 9.17) is 9.47 Å². The third kappa shape index (κ3) is 5.15. The van der Waals surface area contributed by atoms with Gasteiger partial charge in [-0.05, 0) is 45.4 Å². The molecule has 3 aromatic rings. The normalized spacial score (nSPS) is 14.6. The lowest BCUT2D eigenvalue weighted by molar-refractivity contribution is -0.144. The van der Waals surface area contributed by atoms with E-state index < -0.39 is 5.97 Å². The molecule has 1 aliphatic rings. The van der Waals surface area contributed by atoms with E-state index >= 15 is 0 Å². The second-order valence-electron chi connectivity index (χ2n) is 6.73. The Balaban J connectivity index is 1.37. The molecule has 0 saturated carbocycles. The van der Waals surface area contributed by atoms with Crippen LogP contribution in [0.15, 0.2) is 22.7 Å². The van der Waals surface area contributed by atoms with Gasteiger partial charge in [-0.3, -0.25) is 4.79 Å². The summed E-state index contributed by atoms with van der Waals surface area (Å²) in [6.45, 7) is 3.37. The molecule has 0 radical (unpaired) electrons. The van der Waals surface area contributed by atoms with Gasteiger partial charge in [0.25, 0.3) is 0 Å². The Bertz CT molecular complexity index is 1050. The molecule has 1 saturated heterocycles. The fraction of sp³-hybridized carbons (Fsp3) is 0.444. The summed E-state index contributed by atoms with van der Waals surface area (Å²) in [5.41, 5.74) is 0. The highest BCUT2D eigenvalue weighted by atomic mass is 79.9. The van der Waals surface area contributed by atoms with E-state index in [0.29, 0.717) is 16.6 Å². The van der Waals surface area contributed by atoms with Crippen LogP contribution in [-0.4, -0.2) is 62.2 Å². The lowest BCUT2D eigenvalue weighted by Gasteiger charge is -2.31. The monoisotopic (exact) mass is 511 g/mol. The number of nitrogens with zero attached hydrogens (tertiary/aromatic N) is 7. The summed E-state index contributed by atoms with van der Waals surface area (Å²) in [6, 6.07) is 4.40. The molecule has 31 heavy (non-hydrogen) atoms.